The van der Waals surface area contributed by atoms with Gasteiger partial charge in [0.05, 0.1) is 0 Å². The fraction of sp³-hybridized carbons (Fsp3) is 0.625. The van der Waals surface area contributed by atoms with Crippen molar-refractivity contribution in [2.24, 2.45) is 5.73 Å². The number of nitrogens with two attached hydrogens (primary N) is 1. The summed E-state index contributed by atoms with van der Waals surface area (Å²) in [6.45, 7) is 8.67. The molecule has 0 atom stereocenters. The normalized spacial score (nSPS) is 17.8. The van der Waals surface area contributed by atoms with Crippen molar-refractivity contribution < 1.29 is 0 Å². The molecule has 1 aromatic carbocycles. The van der Waals surface area contributed by atoms with Crippen molar-refractivity contribution in [3.8, 4) is 0 Å². The Labute approximate surface area is 123 Å². The zero-order valence-electron chi connectivity index (χ0n) is 12.9. The molecule has 4 nitrogen and oxygen atoms in total. The van der Waals surface area contributed by atoms with Crippen molar-refractivity contribution >= 4 is 0 Å². The third-order valence-corrected chi connectivity index (χ3v) is 4.17. The summed E-state index contributed by atoms with van der Waals surface area (Å²) in [4.78, 5) is 7.36. The molecule has 1 fully saturated rings. The summed E-state index contributed by atoms with van der Waals surface area (Å²) < 4.78 is 0. The first kappa shape index (κ1) is 15.4. The Hall–Kier alpha value is -0.940. The second kappa shape index (κ2) is 7.74. The minimum atomic E-state index is 0.627. The highest BCUT2D eigenvalue weighted by Crippen LogP contribution is 2.10. The van der Waals surface area contributed by atoms with E-state index in [0.29, 0.717) is 6.54 Å². The van der Waals surface area contributed by atoms with Crippen LogP contribution < -0.4 is 5.73 Å². The maximum Gasteiger partial charge on any atom is 0.0234 e. The van der Waals surface area contributed by atoms with Gasteiger partial charge in [0.1, 0.15) is 0 Å². The van der Waals surface area contributed by atoms with Gasteiger partial charge in [0, 0.05) is 52.4 Å². The quantitative estimate of drug-likeness (QED) is 0.835. The van der Waals surface area contributed by atoms with Gasteiger partial charge >= 0.3 is 0 Å². The lowest BCUT2D eigenvalue weighted by atomic mass is 10.1. The number of nitrogens with zero attached hydrogens (tertiary/aromatic N) is 3. The topological polar surface area (TPSA) is 35.7 Å². The van der Waals surface area contributed by atoms with E-state index in [9.17, 15) is 0 Å². The van der Waals surface area contributed by atoms with Gasteiger partial charge in [0.25, 0.3) is 0 Å². The monoisotopic (exact) mass is 276 g/mol. The molecule has 0 bridgehead atoms. The molecular formula is C16H28N4. The predicted octanol–water partition coefficient (Wildman–Crippen LogP) is 0.825. The Morgan fingerprint density at radius 1 is 1.10 bits per heavy atom. The van der Waals surface area contributed by atoms with Gasteiger partial charge in [0.2, 0.25) is 0 Å². The Kier molecular flexibility index (Phi) is 5.98. The van der Waals surface area contributed by atoms with E-state index in [1.54, 1.807) is 0 Å². The Bertz CT molecular complexity index is 399. The van der Waals surface area contributed by atoms with E-state index in [1.807, 2.05) is 0 Å². The van der Waals surface area contributed by atoms with Crippen molar-refractivity contribution in [1.82, 2.24) is 14.7 Å². The van der Waals surface area contributed by atoms with E-state index >= 15 is 0 Å². The number of rotatable bonds is 6. The first-order valence-corrected chi connectivity index (χ1v) is 7.55. The molecule has 0 amide bonds. The number of likely N-dealkylation sites (N-methyl/N-ethyl adjacent to an activating group) is 2. The standard InChI is InChI=1S/C16H28N4/c1-18-7-10-20(11-8-18)12-9-19(2)14-16-6-4-3-5-15(16)13-17/h3-6H,7-14,17H2,1-2H3. The molecule has 1 aliphatic heterocycles. The van der Waals surface area contributed by atoms with Crippen LogP contribution in [-0.4, -0.2) is 68.1 Å². The number of benzene rings is 1. The SMILES string of the molecule is CN1CCN(CCN(C)Cc2ccccc2CN)CC1. The summed E-state index contributed by atoms with van der Waals surface area (Å²) in [5.41, 5.74) is 8.42. The predicted molar refractivity (Wildman–Crippen MR) is 84.6 cm³/mol. The van der Waals surface area contributed by atoms with Crippen LogP contribution in [0.15, 0.2) is 24.3 Å². The smallest absolute Gasteiger partial charge is 0.0234 e. The summed E-state index contributed by atoms with van der Waals surface area (Å²) in [5.74, 6) is 0. The number of hydrogen-bond acceptors (Lipinski definition) is 4. The highest BCUT2D eigenvalue weighted by Gasteiger charge is 2.14. The van der Waals surface area contributed by atoms with Gasteiger partial charge in [0.15, 0.2) is 0 Å². The molecule has 4 heteroatoms. The molecule has 1 heterocycles. The average Bonchev–Trinajstić information content (AvgIpc) is 2.47. The van der Waals surface area contributed by atoms with Crippen molar-refractivity contribution in [3.63, 3.8) is 0 Å². The maximum atomic E-state index is 5.80. The second-order valence-corrected chi connectivity index (χ2v) is 5.86. The van der Waals surface area contributed by atoms with Crippen LogP contribution in [0.4, 0.5) is 0 Å². The third-order valence-electron chi connectivity index (χ3n) is 4.17. The molecule has 1 aromatic rings. The van der Waals surface area contributed by atoms with Crippen LogP contribution in [0.25, 0.3) is 0 Å². The molecule has 112 valence electrons. The fourth-order valence-corrected chi connectivity index (χ4v) is 2.66. The minimum absolute atomic E-state index is 0.627. The molecule has 0 aromatic heterocycles. The summed E-state index contributed by atoms with van der Waals surface area (Å²) in [7, 11) is 4.40. The van der Waals surface area contributed by atoms with E-state index in [0.717, 1.165) is 19.6 Å². The number of piperazine rings is 1. The molecule has 0 spiro atoms. The first-order valence-electron chi connectivity index (χ1n) is 7.55. The Morgan fingerprint density at radius 3 is 2.40 bits per heavy atom. The van der Waals surface area contributed by atoms with Gasteiger partial charge in [-0.05, 0) is 25.2 Å². The lowest BCUT2D eigenvalue weighted by molar-refractivity contribution is 0.139. The van der Waals surface area contributed by atoms with Crippen LogP contribution in [0.2, 0.25) is 0 Å². The van der Waals surface area contributed by atoms with Crippen LogP contribution in [-0.2, 0) is 13.1 Å². The van der Waals surface area contributed by atoms with Crippen LogP contribution in [0, 0.1) is 0 Å². The summed E-state index contributed by atoms with van der Waals surface area (Å²) >= 11 is 0. The maximum absolute atomic E-state index is 5.80. The van der Waals surface area contributed by atoms with Crippen molar-refractivity contribution in [2.75, 3.05) is 53.4 Å². The van der Waals surface area contributed by atoms with Crippen LogP contribution in [0.5, 0.6) is 0 Å². The highest BCUT2D eigenvalue weighted by atomic mass is 15.3. The minimum Gasteiger partial charge on any atom is -0.326 e. The van der Waals surface area contributed by atoms with Crippen LogP contribution in [0.1, 0.15) is 11.1 Å². The van der Waals surface area contributed by atoms with Gasteiger partial charge in [-0.25, -0.2) is 0 Å². The van der Waals surface area contributed by atoms with E-state index < -0.39 is 0 Å². The molecule has 2 N–H and O–H groups in total. The third kappa shape index (κ3) is 4.56. The average molecular weight is 276 g/mol. The molecule has 20 heavy (non-hydrogen) atoms. The van der Waals surface area contributed by atoms with Gasteiger partial charge in [-0.15, -0.1) is 0 Å². The van der Waals surface area contributed by atoms with Gasteiger partial charge in [-0.2, -0.15) is 0 Å². The molecule has 1 saturated heterocycles. The van der Waals surface area contributed by atoms with Crippen LogP contribution in [0.3, 0.4) is 0 Å². The molecule has 0 unspecified atom stereocenters. The zero-order valence-corrected chi connectivity index (χ0v) is 12.9. The van der Waals surface area contributed by atoms with E-state index in [-0.39, 0.29) is 0 Å². The molecule has 1 aliphatic rings. The van der Waals surface area contributed by atoms with Crippen molar-refractivity contribution in [3.05, 3.63) is 35.4 Å². The largest absolute Gasteiger partial charge is 0.326 e. The zero-order chi connectivity index (χ0) is 14.4. The Balaban J connectivity index is 1.76. The lowest BCUT2D eigenvalue weighted by Gasteiger charge is -2.33. The summed E-state index contributed by atoms with van der Waals surface area (Å²) in [6.07, 6.45) is 0. The fourth-order valence-electron chi connectivity index (χ4n) is 2.66. The van der Waals surface area contributed by atoms with Gasteiger partial charge in [-0.1, -0.05) is 24.3 Å². The first-order chi connectivity index (χ1) is 9.69. The lowest BCUT2D eigenvalue weighted by Crippen LogP contribution is -2.46. The van der Waals surface area contributed by atoms with Crippen molar-refractivity contribution in [2.45, 2.75) is 13.1 Å². The summed E-state index contributed by atoms with van der Waals surface area (Å²) in [6, 6.07) is 8.48. The summed E-state index contributed by atoms with van der Waals surface area (Å²) in [5, 5.41) is 0. The van der Waals surface area contributed by atoms with Crippen LogP contribution >= 0.6 is 0 Å². The second-order valence-electron chi connectivity index (χ2n) is 5.86. The highest BCUT2D eigenvalue weighted by molar-refractivity contribution is 5.26. The molecule has 2 rings (SSSR count). The molecular weight excluding hydrogens is 248 g/mol. The Morgan fingerprint density at radius 2 is 1.75 bits per heavy atom. The van der Waals surface area contributed by atoms with Gasteiger partial charge in [-0.3, -0.25) is 4.90 Å². The van der Waals surface area contributed by atoms with E-state index in [1.165, 1.54) is 37.3 Å². The van der Waals surface area contributed by atoms with Crippen molar-refractivity contribution in [1.29, 1.82) is 0 Å². The van der Waals surface area contributed by atoms with E-state index in [4.69, 9.17) is 5.73 Å². The van der Waals surface area contributed by atoms with Gasteiger partial charge < -0.3 is 15.5 Å². The van der Waals surface area contributed by atoms with E-state index in [2.05, 4.69) is 53.1 Å². The molecule has 0 saturated carbocycles. The number of hydrogen-bond donors (Lipinski definition) is 1. The molecule has 0 aliphatic carbocycles. The molecule has 0 radical (unpaired) electrons.